The number of aryl methyl sites for hydroxylation is 1. The fourth-order valence-corrected chi connectivity index (χ4v) is 6.68. The molecule has 0 aliphatic heterocycles. The molecule has 0 heterocycles. The highest BCUT2D eigenvalue weighted by atomic mass is 32.2. The number of sulfone groups is 1. The van der Waals surface area contributed by atoms with Crippen LogP contribution in [0, 0.1) is 5.92 Å². The molecule has 1 N–H and O–H groups in total. The molecule has 0 aromatic heterocycles. The van der Waals surface area contributed by atoms with Crippen molar-refractivity contribution in [1.82, 2.24) is 0 Å². The molecular formula is C25H37F3O5S. The van der Waals surface area contributed by atoms with E-state index in [1.807, 2.05) is 6.92 Å². The summed E-state index contributed by atoms with van der Waals surface area (Å²) in [4.78, 5) is 11.9. The van der Waals surface area contributed by atoms with Crippen molar-refractivity contribution in [2.45, 2.75) is 106 Å². The van der Waals surface area contributed by atoms with Gasteiger partial charge in [-0.15, -0.1) is 0 Å². The molecule has 0 spiro atoms. The molecule has 1 saturated carbocycles. The summed E-state index contributed by atoms with van der Waals surface area (Å²) in [5.41, 5.74) is 0.734. The van der Waals surface area contributed by atoms with Crippen LogP contribution in [-0.2, 0) is 25.8 Å². The molecule has 1 aromatic rings. The van der Waals surface area contributed by atoms with Crippen molar-refractivity contribution in [3.63, 3.8) is 0 Å². The van der Waals surface area contributed by atoms with Gasteiger partial charge in [0.2, 0.25) is 0 Å². The van der Waals surface area contributed by atoms with Gasteiger partial charge in [-0.05, 0) is 50.2 Å². The third-order valence-corrected chi connectivity index (χ3v) is 8.71. The second-order valence-electron chi connectivity index (χ2n) is 9.19. The second-order valence-corrected chi connectivity index (χ2v) is 11.4. The Morgan fingerprint density at radius 2 is 1.65 bits per heavy atom. The molecule has 5 nitrogen and oxygen atoms in total. The highest BCUT2D eigenvalue weighted by molar-refractivity contribution is 7.92. The van der Waals surface area contributed by atoms with Crippen molar-refractivity contribution in [3.8, 4) is 0 Å². The fraction of sp³-hybridized carbons (Fsp3) is 0.720. The van der Waals surface area contributed by atoms with E-state index < -0.39 is 45.7 Å². The highest BCUT2D eigenvalue weighted by Crippen LogP contribution is 2.37. The number of carbonyl (C=O) groups is 1. The van der Waals surface area contributed by atoms with Crippen LogP contribution in [0.25, 0.3) is 0 Å². The number of hydrogen-bond donors (Lipinski definition) is 1. The van der Waals surface area contributed by atoms with Crippen molar-refractivity contribution < 1.29 is 36.2 Å². The topological polar surface area (TPSA) is 80.7 Å². The second kappa shape index (κ2) is 13.5. The molecular weight excluding hydrogens is 469 g/mol. The number of benzene rings is 1. The third-order valence-electron chi connectivity index (χ3n) is 6.44. The van der Waals surface area contributed by atoms with Crippen molar-refractivity contribution in [2.24, 2.45) is 5.92 Å². The molecule has 1 aromatic carbocycles. The molecule has 0 saturated heterocycles. The van der Waals surface area contributed by atoms with E-state index in [-0.39, 0.29) is 24.2 Å². The van der Waals surface area contributed by atoms with Gasteiger partial charge in [-0.2, -0.15) is 13.2 Å². The summed E-state index contributed by atoms with van der Waals surface area (Å²) < 4.78 is 69.0. The largest absolute Gasteiger partial charge is 0.481 e. The Hall–Kier alpha value is -1.61. The summed E-state index contributed by atoms with van der Waals surface area (Å²) in [6, 6.07) is 6.89. The summed E-state index contributed by atoms with van der Waals surface area (Å²) in [5.74, 6) is -1.85. The Morgan fingerprint density at radius 1 is 1.03 bits per heavy atom. The van der Waals surface area contributed by atoms with Gasteiger partial charge in [0.05, 0.1) is 22.2 Å². The van der Waals surface area contributed by atoms with E-state index in [2.05, 4.69) is 0 Å². The van der Waals surface area contributed by atoms with Crippen LogP contribution >= 0.6 is 0 Å². The summed E-state index contributed by atoms with van der Waals surface area (Å²) in [6.07, 6.45) is 1.12. The lowest BCUT2D eigenvalue weighted by molar-refractivity contribution is -0.146. The third kappa shape index (κ3) is 8.87. The minimum Gasteiger partial charge on any atom is -0.481 e. The first-order valence-corrected chi connectivity index (χ1v) is 13.8. The van der Waals surface area contributed by atoms with E-state index >= 15 is 0 Å². The monoisotopic (exact) mass is 506 g/mol. The minimum absolute atomic E-state index is 0.0503. The molecule has 194 valence electrons. The number of carboxylic acids is 1. The molecule has 1 aliphatic rings. The van der Waals surface area contributed by atoms with Gasteiger partial charge in [-0.25, -0.2) is 8.42 Å². The maximum absolute atomic E-state index is 13.4. The summed E-state index contributed by atoms with van der Waals surface area (Å²) >= 11 is 0. The molecule has 1 fully saturated rings. The van der Waals surface area contributed by atoms with E-state index in [4.69, 9.17) is 4.74 Å². The van der Waals surface area contributed by atoms with E-state index in [0.717, 1.165) is 44.1 Å². The van der Waals surface area contributed by atoms with Gasteiger partial charge >= 0.3 is 12.1 Å². The zero-order chi connectivity index (χ0) is 25.2. The Morgan fingerprint density at radius 3 is 2.26 bits per heavy atom. The molecule has 0 unspecified atom stereocenters. The van der Waals surface area contributed by atoms with Crippen molar-refractivity contribution in [2.75, 3.05) is 6.61 Å². The van der Waals surface area contributed by atoms with E-state index in [9.17, 15) is 31.5 Å². The quantitative estimate of drug-likeness (QED) is 0.281. The Bertz CT molecular complexity index is 870. The number of rotatable bonds is 15. The maximum atomic E-state index is 13.4. The maximum Gasteiger partial charge on any atom is 0.389 e. The first kappa shape index (κ1) is 28.6. The van der Waals surface area contributed by atoms with Crippen LogP contribution in [0.5, 0.6) is 0 Å². The molecule has 0 bridgehead atoms. The predicted octanol–water partition coefficient (Wildman–Crippen LogP) is 6.34. The first-order valence-electron chi connectivity index (χ1n) is 12.3. The highest BCUT2D eigenvalue weighted by Gasteiger charge is 2.45. The van der Waals surface area contributed by atoms with Crippen LogP contribution in [0.15, 0.2) is 29.2 Å². The Kier molecular flexibility index (Phi) is 11.3. The number of carboxylic acid groups (broad SMARTS) is 1. The van der Waals surface area contributed by atoms with Crippen molar-refractivity contribution in [3.05, 3.63) is 29.8 Å². The number of ether oxygens (including phenoxy) is 1. The van der Waals surface area contributed by atoms with Crippen LogP contribution in [0.4, 0.5) is 13.2 Å². The van der Waals surface area contributed by atoms with Crippen LogP contribution in [0.3, 0.4) is 0 Å². The molecule has 9 heteroatoms. The lowest BCUT2D eigenvalue weighted by Gasteiger charge is -2.16. The number of alkyl halides is 3. The lowest BCUT2D eigenvalue weighted by Crippen LogP contribution is -2.25. The minimum atomic E-state index is -4.08. The smallest absolute Gasteiger partial charge is 0.389 e. The molecule has 3 atom stereocenters. The normalized spacial score (nSPS) is 21.1. The van der Waals surface area contributed by atoms with Gasteiger partial charge in [-0.1, -0.05) is 57.2 Å². The summed E-state index contributed by atoms with van der Waals surface area (Å²) in [7, 11) is -3.70. The first-order chi connectivity index (χ1) is 16.1. The molecule has 0 amide bonds. The Labute approximate surface area is 201 Å². The molecule has 2 rings (SSSR count). The number of hydrogen-bond acceptors (Lipinski definition) is 4. The van der Waals surface area contributed by atoms with Gasteiger partial charge in [0.1, 0.15) is 0 Å². The summed E-state index contributed by atoms with van der Waals surface area (Å²) in [6.45, 7) is 2.32. The van der Waals surface area contributed by atoms with Gasteiger partial charge in [-0.3, -0.25) is 4.79 Å². The average Bonchev–Trinajstić information content (AvgIpc) is 3.21. The predicted molar refractivity (Wildman–Crippen MR) is 125 cm³/mol. The van der Waals surface area contributed by atoms with Gasteiger partial charge in [0.25, 0.3) is 0 Å². The number of halogens is 3. The van der Waals surface area contributed by atoms with E-state index in [0.29, 0.717) is 19.4 Å². The van der Waals surface area contributed by atoms with Crippen LogP contribution in [0.1, 0.15) is 83.1 Å². The fourth-order valence-electron chi connectivity index (χ4n) is 4.61. The molecule has 1 aliphatic carbocycles. The zero-order valence-electron chi connectivity index (χ0n) is 19.9. The van der Waals surface area contributed by atoms with Crippen LogP contribution in [-0.4, -0.2) is 43.6 Å². The summed E-state index contributed by atoms with van der Waals surface area (Å²) in [5, 5.41) is 8.75. The standard InChI is InChI=1S/C25H37F3O5S/c1-2-16-33-22-18-20(17-21(22)24(29)30)34(31,32)23-14-10-9-13-19(23)12-8-6-4-3-5-7-11-15-25(26,27)28/h9-10,13-14,20-22H,2-8,11-12,15-18H2,1H3,(H,29,30)/t20-,21-,22-/m0/s1. The van der Waals surface area contributed by atoms with Crippen LogP contribution in [0.2, 0.25) is 0 Å². The zero-order valence-corrected chi connectivity index (χ0v) is 20.7. The van der Waals surface area contributed by atoms with Crippen molar-refractivity contribution >= 4 is 15.8 Å². The van der Waals surface area contributed by atoms with Gasteiger partial charge in [0, 0.05) is 13.0 Å². The Balaban J connectivity index is 1.88. The van der Waals surface area contributed by atoms with E-state index in [1.165, 1.54) is 0 Å². The van der Waals surface area contributed by atoms with Gasteiger partial charge in [0.15, 0.2) is 9.84 Å². The lowest BCUT2D eigenvalue weighted by atomic mass is 10.0. The number of aliphatic carboxylic acids is 1. The van der Waals surface area contributed by atoms with E-state index in [1.54, 1.807) is 24.3 Å². The van der Waals surface area contributed by atoms with Crippen molar-refractivity contribution in [1.29, 1.82) is 0 Å². The molecule has 34 heavy (non-hydrogen) atoms. The molecule has 0 radical (unpaired) electrons. The SMILES string of the molecule is CCCO[C@H]1C[C@@H](S(=O)(=O)c2ccccc2CCCCCCCCCC(F)(F)F)C[C@@H]1C(=O)O. The number of unbranched alkanes of at least 4 members (excludes halogenated alkanes) is 6. The van der Waals surface area contributed by atoms with Gasteiger partial charge < -0.3 is 9.84 Å². The van der Waals surface area contributed by atoms with Crippen LogP contribution < -0.4 is 0 Å². The average molecular weight is 507 g/mol.